The zero-order chi connectivity index (χ0) is 11.4. The average molecular weight is 218 g/mol. The molecule has 0 aliphatic carbocycles. The Hall–Kier alpha value is -0.890. The molecule has 1 aliphatic rings. The number of rotatable bonds is 4. The van der Waals surface area contributed by atoms with E-state index in [0.717, 1.165) is 18.9 Å². The van der Waals surface area contributed by atoms with Crippen molar-refractivity contribution in [2.45, 2.75) is 45.6 Å². The minimum absolute atomic E-state index is 0.773. The van der Waals surface area contributed by atoms with Gasteiger partial charge in [0, 0.05) is 30.9 Å². The molecule has 1 aromatic rings. The third-order valence-electron chi connectivity index (χ3n) is 3.64. The summed E-state index contributed by atoms with van der Waals surface area (Å²) >= 11 is 0. The van der Waals surface area contributed by atoms with Crippen LogP contribution in [-0.2, 0) is 12.8 Å². The molecule has 88 valence electrons. The van der Waals surface area contributed by atoms with E-state index < -0.39 is 0 Å². The van der Waals surface area contributed by atoms with Gasteiger partial charge in [-0.3, -0.25) is 4.98 Å². The van der Waals surface area contributed by atoms with Crippen molar-refractivity contribution in [1.29, 1.82) is 0 Å². The number of aromatic nitrogens is 1. The van der Waals surface area contributed by atoms with E-state index in [2.05, 4.69) is 35.9 Å². The molecule has 0 saturated carbocycles. The molecule has 0 amide bonds. The molecule has 1 fully saturated rings. The summed E-state index contributed by atoms with van der Waals surface area (Å²) in [6, 6.07) is 5.16. The number of aryl methyl sites for hydroxylation is 1. The van der Waals surface area contributed by atoms with Crippen molar-refractivity contribution in [3.05, 3.63) is 29.6 Å². The zero-order valence-corrected chi connectivity index (χ0v) is 10.4. The third-order valence-corrected chi connectivity index (χ3v) is 3.64. The first kappa shape index (κ1) is 11.6. The predicted molar refractivity (Wildman–Crippen MR) is 67.6 cm³/mol. The van der Waals surface area contributed by atoms with Crippen LogP contribution in [0.5, 0.6) is 0 Å². The first-order valence-corrected chi connectivity index (χ1v) is 6.47. The summed E-state index contributed by atoms with van der Waals surface area (Å²) in [6.45, 7) is 6.94. The van der Waals surface area contributed by atoms with Crippen LogP contribution in [-0.4, -0.2) is 29.0 Å². The molecule has 0 radical (unpaired) electrons. The lowest BCUT2D eigenvalue weighted by molar-refractivity contribution is 0.271. The highest BCUT2D eigenvalue weighted by Crippen LogP contribution is 2.16. The molecule has 1 aliphatic heterocycles. The second-order valence-electron chi connectivity index (χ2n) is 4.79. The SMILES string of the molecule is CCc1ccc(CCN2CCC[C@@H]2C)nc1. The number of hydrogen-bond acceptors (Lipinski definition) is 2. The van der Waals surface area contributed by atoms with Gasteiger partial charge in [-0.1, -0.05) is 13.0 Å². The van der Waals surface area contributed by atoms with Crippen molar-refractivity contribution in [2.24, 2.45) is 0 Å². The molecule has 0 N–H and O–H groups in total. The molecule has 2 nitrogen and oxygen atoms in total. The fourth-order valence-electron chi connectivity index (χ4n) is 2.40. The van der Waals surface area contributed by atoms with Gasteiger partial charge in [0.2, 0.25) is 0 Å². The Bertz CT molecular complexity index is 318. The maximum absolute atomic E-state index is 4.51. The first-order valence-electron chi connectivity index (χ1n) is 6.47. The summed E-state index contributed by atoms with van der Waals surface area (Å²) in [5, 5.41) is 0. The summed E-state index contributed by atoms with van der Waals surface area (Å²) in [5.74, 6) is 0. The normalized spacial score (nSPS) is 21.5. The number of pyridine rings is 1. The van der Waals surface area contributed by atoms with E-state index >= 15 is 0 Å². The largest absolute Gasteiger partial charge is 0.300 e. The average Bonchev–Trinajstić information content (AvgIpc) is 2.73. The van der Waals surface area contributed by atoms with Crippen LogP contribution < -0.4 is 0 Å². The van der Waals surface area contributed by atoms with Crippen LogP contribution in [0.3, 0.4) is 0 Å². The van der Waals surface area contributed by atoms with E-state index in [1.807, 2.05) is 6.20 Å². The van der Waals surface area contributed by atoms with Gasteiger partial charge in [0.05, 0.1) is 0 Å². The predicted octanol–water partition coefficient (Wildman–Crippen LogP) is 2.67. The monoisotopic (exact) mass is 218 g/mol. The van der Waals surface area contributed by atoms with Gasteiger partial charge >= 0.3 is 0 Å². The van der Waals surface area contributed by atoms with Gasteiger partial charge in [0.25, 0.3) is 0 Å². The van der Waals surface area contributed by atoms with Gasteiger partial charge in [-0.15, -0.1) is 0 Å². The fourth-order valence-corrected chi connectivity index (χ4v) is 2.40. The highest BCUT2D eigenvalue weighted by atomic mass is 15.2. The summed E-state index contributed by atoms with van der Waals surface area (Å²) in [6.07, 6.45) is 6.92. The van der Waals surface area contributed by atoms with Crippen LogP contribution in [0.25, 0.3) is 0 Å². The van der Waals surface area contributed by atoms with Gasteiger partial charge in [-0.2, -0.15) is 0 Å². The molecule has 2 heterocycles. The molecule has 2 rings (SSSR count). The van der Waals surface area contributed by atoms with Gasteiger partial charge < -0.3 is 4.90 Å². The lowest BCUT2D eigenvalue weighted by atomic mass is 10.2. The molecule has 0 aromatic carbocycles. The molecule has 0 unspecified atom stereocenters. The topological polar surface area (TPSA) is 16.1 Å². The van der Waals surface area contributed by atoms with Gasteiger partial charge in [0.15, 0.2) is 0 Å². The molecule has 1 saturated heterocycles. The Labute approximate surface area is 98.7 Å². The van der Waals surface area contributed by atoms with Crippen molar-refractivity contribution in [1.82, 2.24) is 9.88 Å². The van der Waals surface area contributed by atoms with Crippen LogP contribution in [0.2, 0.25) is 0 Å². The fraction of sp³-hybridized carbons (Fsp3) is 0.643. The Morgan fingerprint density at radius 3 is 2.88 bits per heavy atom. The first-order chi connectivity index (χ1) is 7.79. The van der Waals surface area contributed by atoms with Gasteiger partial charge in [-0.05, 0) is 44.4 Å². The Morgan fingerprint density at radius 2 is 2.31 bits per heavy atom. The maximum Gasteiger partial charge on any atom is 0.0416 e. The molecule has 1 atom stereocenters. The molecular formula is C14H22N2. The summed E-state index contributed by atoms with van der Waals surface area (Å²) in [7, 11) is 0. The van der Waals surface area contributed by atoms with E-state index in [9.17, 15) is 0 Å². The highest BCUT2D eigenvalue weighted by Gasteiger charge is 2.19. The molecule has 2 heteroatoms. The van der Waals surface area contributed by atoms with Gasteiger partial charge in [-0.25, -0.2) is 0 Å². The Morgan fingerprint density at radius 1 is 1.44 bits per heavy atom. The highest BCUT2D eigenvalue weighted by molar-refractivity contribution is 5.14. The van der Waals surface area contributed by atoms with Crippen LogP contribution in [0.4, 0.5) is 0 Å². The van der Waals surface area contributed by atoms with Crippen molar-refractivity contribution >= 4 is 0 Å². The molecule has 16 heavy (non-hydrogen) atoms. The quantitative estimate of drug-likeness (QED) is 0.772. The van der Waals surface area contributed by atoms with E-state index in [4.69, 9.17) is 0 Å². The minimum Gasteiger partial charge on any atom is -0.300 e. The van der Waals surface area contributed by atoms with Crippen molar-refractivity contribution < 1.29 is 0 Å². The molecule has 0 spiro atoms. The van der Waals surface area contributed by atoms with E-state index in [1.54, 1.807) is 0 Å². The summed E-state index contributed by atoms with van der Waals surface area (Å²) in [4.78, 5) is 7.09. The standard InChI is InChI=1S/C14H22N2/c1-3-13-6-7-14(15-11-13)8-10-16-9-4-5-12(16)2/h6-7,11-12H,3-5,8-10H2,1-2H3/t12-/m0/s1. The Balaban J connectivity index is 1.84. The number of nitrogens with zero attached hydrogens (tertiary/aromatic N) is 2. The second-order valence-corrected chi connectivity index (χ2v) is 4.79. The molecule has 1 aromatic heterocycles. The smallest absolute Gasteiger partial charge is 0.0416 e. The lowest BCUT2D eigenvalue weighted by Crippen LogP contribution is -2.29. The van der Waals surface area contributed by atoms with Crippen molar-refractivity contribution in [3.63, 3.8) is 0 Å². The number of likely N-dealkylation sites (tertiary alicyclic amines) is 1. The van der Waals surface area contributed by atoms with Crippen molar-refractivity contribution in [2.75, 3.05) is 13.1 Å². The zero-order valence-electron chi connectivity index (χ0n) is 10.4. The Kier molecular flexibility index (Phi) is 3.94. The lowest BCUT2D eigenvalue weighted by Gasteiger charge is -2.20. The van der Waals surface area contributed by atoms with Crippen LogP contribution in [0.15, 0.2) is 18.3 Å². The third kappa shape index (κ3) is 2.82. The van der Waals surface area contributed by atoms with E-state index in [0.29, 0.717) is 0 Å². The van der Waals surface area contributed by atoms with E-state index in [-0.39, 0.29) is 0 Å². The maximum atomic E-state index is 4.51. The van der Waals surface area contributed by atoms with Crippen LogP contribution >= 0.6 is 0 Å². The van der Waals surface area contributed by atoms with E-state index in [1.165, 1.54) is 37.2 Å². The van der Waals surface area contributed by atoms with Crippen LogP contribution in [0.1, 0.15) is 37.9 Å². The summed E-state index contributed by atoms with van der Waals surface area (Å²) in [5.41, 5.74) is 2.56. The van der Waals surface area contributed by atoms with Gasteiger partial charge in [0.1, 0.15) is 0 Å². The van der Waals surface area contributed by atoms with Crippen molar-refractivity contribution in [3.8, 4) is 0 Å². The molecule has 0 bridgehead atoms. The minimum atomic E-state index is 0.773. The van der Waals surface area contributed by atoms with Crippen LogP contribution in [0, 0.1) is 0 Å². The summed E-state index contributed by atoms with van der Waals surface area (Å²) < 4.78 is 0. The molecular weight excluding hydrogens is 196 g/mol. The number of hydrogen-bond donors (Lipinski definition) is 0. The second kappa shape index (κ2) is 5.44.